The Bertz CT molecular complexity index is 1200. The Kier molecular flexibility index (Phi) is 7.04. The number of halogens is 2. The van der Waals surface area contributed by atoms with Crippen LogP contribution < -0.4 is 9.73 Å². The standard InChI is InChI=1S/C22H19ClFN3O3S/c1-16-20(23)8-5-9-21(16)27(31(29,30)19-6-3-2-4-7-19)15-22(28)26-25-14-17-10-12-18(24)13-11-17/h2-14H,15H2,1H3,(H,26,28)/b25-14-. The molecule has 0 saturated carbocycles. The SMILES string of the molecule is Cc1c(Cl)cccc1N(CC(=O)N/N=C\c1ccc(F)cc1)S(=O)(=O)c1ccccc1. The summed E-state index contributed by atoms with van der Waals surface area (Å²) in [5, 5.41) is 4.19. The molecule has 1 amide bonds. The van der Waals surface area contributed by atoms with Crippen LogP contribution in [0, 0.1) is 12.7 Å². The summed E-state index contributed by atoms with van der Waals surface area (Å²) in [4.78, 5) is 12.6. The lowest BCUT2D eigenvalue weighted by Crippen LogP contribution is -2.40. The molecule has 0 aromatic heterocycles. The average Bonchev–Trinajstić information content (AvgIpc) is 2.76. The van der Waals surface area contributed by atoms with E-state index < -0.39 is 22.5 Å². The van der Waals surface area contributed by atoms with Crippen molar-refractivity contribution in [3.8, 4) is 0 Å². The highest BCUT2D eigenvalue weighted by molar-refractivity contribution is 7.92. The van der Waals surface area contributed by atoms with Gasteiger partial charge in [0.1, 0.15) is 12.4 Å². The zero-order valence-corrected chi connectivity index (χ0v) is 18.1. The lowest BCUT2D eigenvalue weighted by molar-refractivity contribution is -0.119. The van der Waals surface area contributed by atoms with E-state index in [1.807, 2.05) is 0 Å². The third-order valence-electron chi connectivity index (χ3n) is 4.40. The zero-order valence-electron chi connectivity index (χ0n) is 16.5. The number of carbonyl (C=O) groups is 1. The Morgan fingerprint density at radius 2 is 1.74 bits per heavy atom. The quantitative estimate of drug-likeness (QED) is 0.426. The minimum absolute atomic E-state index is 0.0389. The van der Waals surface area contributed by atoms with E-state index in [9.17, 15) is 17.6 Å². The fraction of sp³-hybridized carbons (Fsp3) is 0.0909. The van der Waals surface area contributed by atoms with E-state index >= 15 is 0 Å². The minimum atomic E-state index is -4.05. The normalized spacial score (nSPS) is 11.5. The largest absolute Gasteiger partial charge is 0.271 e. The van der Waals surface area contributed by atoms with Crippen LogP contribution in [0.4, 0.5) is 10.1 Å². The van der Waals surface area contributed by atoms with Gasteiger partial charge in [0.15, 0.2) is 0 Å². The first-order valence-electron chi connectivity index (χ1n) is 9.19. The van der Waals surface area contributed by atoms with Crippen molar-refractivity contribution in [2.24, 2.45) is 5.10 Å². The molecule has 3 aromatic carbocycles. The Hall–Kier alpha value is -3.23. The summed E-state index contributed by atoms with van der Waals surface area (Å²) >= 11 is 6.18. The van der Waals surface area contributed by atoms with Crippen LogP contribution in [0.1, 0.15) is 11.1 Å². The van der Waals surface area contributed by atoms with E-state index in [0.717, 1.165) is 4.31 Å². The Labute approximate surface area is 185 Å². The summed E-state index contributed by atoms with van der Waals surface area (Å²) in [7, 11) is -4.05. The monoisotopic (exact) mass is 459 g/mol. The molecular formula is C22H19ClFN3O3S. The highest BCUT2D eigenvalue weighted by Crippen LogP contribution is 2.30. The van der Waals surface area contributed by atoms with E-state index in [1.165, 1.54) is 42.6 Å². The van der Waals surface area contributed by atoms with Gasteiger partial charge in [-0.05, 0) is 54.4 Å². The first-order valence-corrected chi connectivity index (χ1v) is 11.0. The van der Waals surface area contributed by atoms with Crippen LogP contribution in [0.25, 0.3) is 0 Å². The number of hydrazone groups is 1. The van der Waals surface area contributed by atoms with E-state index in [-0.39, 0.29) is 16.4 Å². The van der Waals surface area contributed by atoms with Crippen molar-refractivity contribution in [1.29, 1.82) is 0 Å². The second-order valence-corrected chi connectivity index (χ2v) is 8.82. The van der Waals surface area contributed by atoms with Gasteiger partial charge in [0.25, 0.3) is 15.9 Å². The summed E-state index contributed by atoms with van der Waals surface area (Å²) in [6.45, 7) is 1.16. The Balaban J connectivity index is 1.87. The van der Waals surface area contributed by atoms with Gasteiger partial charge in [0.05, 0.1) is 16.8 Å². The molecule has 3 aromatic rings. The van der Waals surface area contributed by atoms with Gasteiger partial charge >= 0.3 is 0 Å². The van der Waals surface area contributed by atoms with Crippen molar-refractivity contribution in [1.82, 2.24) is 5.43 Å². The number of sulfonamides is 1. The average molecular weight is 460 g/mol. The lowest BCUT2D eigenvalue weighted by atomic mass is 10.2. The molecule has 0 saturated heterocycles. The second kappa shape index (κ2) is 9.72. The van der Waals surface area contributed by atoms with E-state index in [0.29, 0.717) is 16.1 Å². The molecule has 6 nitrogen and oxygen atoms in total. The predicted molar refractivity (Wildman–Crippen MR) is 119 cm³/mol. The van der Waals surface area contributed by atoms with Crippen molar-refractivity contribution >= 4 is 39.4 Å². The fourth-order valence-corrected chi connectivity index (χ4v) is 4.45. The molecule has 0 fully saturated rings. The topological polar surface area (TPSA) is 78.8 Å². The third kappa shape index (κ3) is 5.48. The van der Waals surface area contributed by atoms with E-state index in [1.54, 1.807) is 43.3 Å². The zero-order chi connectivity index (χ0) is 22.4. The van der Waals surface area contributed by atoms with Crippen LogP contribution in [-0.4, -0.2) is 27.1 Å². The number of carbonyl (C=O) groups excluding carboxylic acids is 1. The summed E-state index contributed by atoms with van der Waals surface area (Å²) in [5.41, 5.74) is 3.68. The number of nitrogens with one attached hydrogen (secondary N) is 1. The number of nitrogens with zero attached hydrogens (tertiary/aromatic N) is 2. The molecule has 0 unspecified atom stereocenters. The first kappa shape index (κ1) is 22.5. The maximum absolute atomic E-state index is 13.3. The van der Waals surface area contributed by atoms with E-state index in [2.05, 4.69) is 10.5 Å². The molecular weight excluding hydrogens is 441 g/mol. The van der Waals surface area contributed by atoms with Crippen molar-refractivity contribution in [3.05, 3.63) is 94.8 Å². The van der Waals surface area contributed by atoms with Crippen LogP contribution in [0.3, 0.4) is 0 Å². The Morgan fingerprint density at radius 1 is 1.06 bits per heavy atom. The molecule has 3 rings (SSSR count). The smallest absolute Gasteiger partial charge is 0.264 e. The summed E-state index contributed by atoms with van der Waals surface area (Å²) in [6, 6.07) is 18.1. The summed E-state index contributed by atoms with van der Waals surface area (Å²) in [6.07, 6.45) is 1.33. The van der Waals surface area contributed by atoms with Gasteiger partial charge in [-0.3, -0.25) is 9.10 Å². The van der Waals surface area contributed by atoms with Crippen molar-refractivity contribution in [2.45, 2.75) is 11.8 Å². The molecule has 160 valence electrons. The van der Waals surface area contributed by atoms with Gasteiger partial charge in [-0.15, -0.1) is 0 Å². The van der Waals surface area contributed by atoms with Gasteiger partial charge in [-0.1, -0.05) is 48.0 Å². The highest BCUT2D eigenvalue weighted by Gasteiger charge is 2.28. The molecule has 9 heteroatoms. The molecule has 0 bridgehead atoms. The number of hydrogen-bond acceptors (Lipinski definition) is 4. The number of rotatable bonds is 7. The van der Waals surface area contributed by atoms with E-state index in [4.69, 9.17) is 11.6 Å². The van der Waals surface area contributed by atoms with Gasteiger partial charge in [0.2, 0.25) is 0 Å². The number of benzene rings is 3. The maximum atomic E-state index is 13.3. The van der Waals surface area contributed by atoms with Gasteiger partial charge in [0, 0.05) is 5.02 Å². The maximum Gasteiger partial charge on any atom is 0.264 e. The fourth-order valence-electron chi connectivity index (χ4n) is 2.78. The first-order chi connectivity index (χ1) is 14.8. The lowest BCUT2D eigenvalue weighted by Gasteiger charge is -2.25. The molecule has 0 aliphatic rings. The third-order valence-corrected chi connectivity index (χ3v) is 6.58. The number of hydrogen-bond donors (Lipinski definition) is 1. The van der Waals surface area contributed by atoms with Gasteiger partial charge < -0.3 is 0 Å². The van der Waals surface area contributed by atoms with Crippen molar-refractivity contribution in [2.75, 3.05) is 10.8 Å². The van der Waals surface area contributed by atoms with Crippen molar-refractivity contribution < 1.29 is 17.6 Å². The molecule has 0 spiro atoms. The Morgan fingerprint density at radius 3 is 2.42 bits per heavy atom. The highest BCUT2D eigenvalue weighted by atomic mass is 35.5. The van der Waals surface area contributed by atoms with Crippen molar-refractivity contribution in [3.63, 3.8) is 0 Å². The molecule has 0 atom stereocenters. The number of amides is 1. The van der Waals surface area contributed by atoms with Crippen LogP contribution in [0.5, 0.6) is 0 Å². The molecule has 0 aliphatic carbocycles. The molecule has 0 heterocycles. The van der Waals surface area contributed by atoms with Gasteiger partial charge in [-0.25, -0.2) is 18.2 Å². The molecule has 0 radical (unpaired) electrons. The molecule has 0 aliphatic heterocycles. The molecule has 1 N–H and O–H groups in total. The second-order valence-electron chi connectivity index (χ2n) is 6.55. The number of anilines is 1. The predicted octanol–water partition coefficient (Wildman–Crippen LogP) is 4.13. The van der Waals surface area contributed by atoms with Crippen LogP contribution in [0.15, 0.2) is 82.8 Å². The van der Waals surface area contributed by atoms with Gasteiger partial charge in [-0.2, -0.15) is 5.10 Å². The minimum Gasteiger partial charge on any atom is -0.271 e. The molecule has 31 heavy (non-hydrogen) atoms. The van der Waals surface area contributed by atoms with Crippen LogP contribution >= 0.6 is 11.6 Å². The van der Waals surface area contributed by atoms with Crippen LogP contribution in [0.2, 0.25) is 5.02 Å². The summed E-state index contributed by atoms with van der Waals surface area (Å²) < 4.78 is 40.5. The summed E-state index contributed by atoms with van der Waals surface area (Å²) in [5.74, 6) is -1.04. The van der Waals surface area contributed by atoms with Crippen LogP contribution in [-0.2, 0) is 14.8 Å².